The van der Waals surface area contributed by atoms with Gasteiger partial charge in [0.25, 0.3) is 0 Å². The third-order valence-corrected chi connectivity index (χ3v) is 3.75. The van der Waals surface area contributed by atoms with Crippen LogP contribution in [0.25, 0.3) is 0 Å². The van der Waals surface area contributed by atoms with Crippen LogP contribution in [0.4, 0.5) is 4.39 Å². The summed E-state index contributed by atoms with van der Waals surface area (Å²) in [6.07, 6.45) is 1.20. The number of hydrogen-bond acceptors (Lipinski definition) is 2. The molecule has 0 radical (unpaired) electrons. The Balaban J connectivity index is 0.00000180. The molecule has 0 bridgehead atoms. The molecule has 0 aromatic heterocycles. The van der Waals surface area contributed by atoms with E-state index in [2.05, 4.69) is 24.2 Å². The number of aryl methyl sites for hydroxylation is 1. The molecule has 4 heteroatoms. The molecule has 1 aliphatic rings. The highest BCUT2D eigenvalue weighted by Gasteiger charge is 2.29. The summed E-state index contributed by atoms with van der Waals surface area (Å²) in [6, 6.07) is 5.33. The Morgan fingerprint density at radius 3 is 2.79 bits per heavy atom. The van der Waals surface area contributed by atoms with E-state index in [0.29, 0.717) is 12.0 Å². The van der Waals surface area contributed by atoms with E-state index < -0.39 is 0 Å². The summed E-state index contributed by atoms with van der Waals surface area (Å²) in [4.78, 5) is 2.23. The van der Waals surface area contributed by atoms with Gasteiger partial charge in [-0.15, -0.1) is 12.4 Å². The maximum atomic E-state index is 13.7. The second-order valence-corrected chi connectivity index (χ2v) is 6.00. The van der Waals surface area contributed by atoms with Crippen molar-refractivity contribution in [1.29, 1.82) is 0 Å². The van der Waals surface area contributed by atoms with E-state index in [1.54, 1.807) is 6.07 Å². The van der Waals surface area contributed by atoms with Crippen molar-refractivity contribution in [2.45, 2.75) is 26.8 Å². The molecule has 1 fully saturated rings. The number of nitrogens with one attached hydrogen (secondary N) is 1. The van der Waals surface area contributed by atoms with Crippen LogP contribution in [0.3, 0.4) is 0 Å². The van der Waals surface area contributed by atoms with Gasteiger partial charge < -0.3 is 10.2 Å². The summed E-state index contributed by atoms with van der Waals surface area (Å²) in [5, 5.41) is 3.40. The second kappa shape index (κ2) is 6.69. The molecular formula is C15H24ClFN2. The zero-order chi connectivity index (χ0) is 13.2. The van der Waals surface area contributed by atoms with Gasteiger partial charge in [0.15, 0.2) is 0 Å². The topological polar surface area (TPSA) is 15.3 Å². The fraction of sp³-hybridized carbons (Fsp3) is 0.600. The highest BCUT2D eigenvalue weighted by Crippen LogP contribution is 2.26. The number of hydrogen-bond donors (Lipinski definition) is 1. The van der Waals surface area contributed by atoms with E-state index in [9.17, 15) is 4.39 Å². The van der Waals surface area contributed by atoms with Crippen molar-refractivity contribution in [3.8, 4) is 0 Å². The first-order chi connectivity index (χ1) is 8.48. The number of nitrogens with zero attached hydrogens (tertiary/aromatic N) is 1. The minimum Gasteiger partial charge on any atom is -0.316 e. The van der Waals surface area contributed by atoms with E-state index >= 15 is 0 Å². The second-order valence-electron chi connectivity index (χ2n) is 6.00. The van der Waals surface area contributed by atoms with Crippen molar-refractivity contribution in [3.05, 3.63) is 35.1 Å². The van der Waals surface area contributed by atoms with Gasteiger partial charge >= 0.3 is 0 Å². The van der Waals surface area contributed by atoms with Crippen LogP contribution in [0.1, 0.15) is 24.5 Å². The van der Waals surface area contributed by atoms with Crippen LogP contribution in [0.5, 0.6) is 0 Å². The third kappa shape index (κ3) is 4.44. The highest BCUT2D eigenvalue weighted by molar-refractivity contribution is 5.85. The summed E-state index contributed by atoms with van der Waals surface area (Å²) in [7, 11) is 2.07. The van der Waals surface area contributed by atoms with Gasteiger partial charge in [-0.25, -0.2) is 4.39 Å². The summed E-state index contributed by atoms with van der Waals surface area (Å²) >= 11 is 0. The molecule has 1 aromatic rings. The summed E-state index contributed by atoms with van der Waals surface area (Å²) in [5.74, 6) is -0.0952. The van der Waals surface area contributed by atoms with Gasteiger partial charge in [-0.1, -0.05) is 24.6 Å². The van der Waals surface area contributed by atoms with Crippen molar-refractivity contribution in [2.24, 2.45) is 5.41 Å². The fourth-order valence-electron chi connectivity index (χ4n) is 2.83. The lowest BCUT2D eigenvalue weighted by atomic mass is 9.89. The molecule has 0 aliphatic carbocycles. The van der Waals surface area contributed by atoms with Gasteiger partial charge in [0.2, 0.25) is 0 Å². The largest absolute Gasteiger partial charge is 0.316 e. The Bertz CT molecular complexity index is 417. The normalized spacial score (nSPS) is 22.6. The molecule has 1 N–H and O–H groups in total. The molecule has 1 aromatic carbocycles. The molecule has 1 saturated heterocycles. The lowest BCUT2D eigenvalue weighted by Gasteiger charge is -2.29. The van der Waals surface area contributed by atoms with Crippen LogP contribution in [0.15, 0.2) is 18.2 Å². The molecule has 1 heterocycles. The number of benzene rings is 1. The van der Waals surface area contributed by atoms with Crippen LogP contribution < -0.4 is 5.32 Å². The maximum absolute atomic E-state index is 13.7. The minimum atomic E-state index is -0.0952. The van der Waals surface area contributed by atoms with E-state index in [1.165, 1.54) is 6.42 Å². The van der Waals surface area contributed by atoms with E-state index in [-0.39, 0.29) is 18.2 Å². The molecule has 0 spiro atoms. The molecule has 2 nitrogen and oxygen atoms in total. The molecule has 2 rings (SSSR count). The van der Waals surface area contributed by atoms with E-state index in [1.807, 2.05) is 19.1 Å². The predicted molar refractivity (Wildman–Crippen MR) is 80.3 cm³/mol. The van der Waals surface area contributed by atoms with Crippen molar-refractivity contribution < 1.29 is 4.39 Å². The maximum Gasteiger partial charge on any atom is 0.127 e. The van der Waals surface area contributed by atoms with Gasteiger partial charge in [0, 0.05) is 25.2 Å². The SMILES string of the molecule is Cc1ccc(F)c(CN(C)CC2(C)CCNC2)c1.Cl. The Labute approximate surface area is 121 Å². The van der Waals surface area contributed by atoms with Gasteiger partial charge in [-0.05, 0) is 38.4 Å². The lowest BCUT2D eigenvalue weighted by Crippen LogP contribution is -2.34. The zero-order valence-electron chi connectivity index (χ0n) is 12.0. The standard InChI is InChI=1S/C15H23FN2.ClH/c1-12-4-5-14(16)13(8-12)9-18(3)11-15(2)6-7-17-10-15;/h4-5,8,17H,6-7,9-11H2,1-3H3;1H. The van der Waals surface area contributed by atoms with Crippen LogP contribution in [0, 0.1) is 18.2 Å². The highest BCUT2D eigenvalue weighted by atomic mass is 35.5. The van der Waals surface area contributed by atoms with Crippen LogP contribution in [-0.4, -0.2) is 31.6 Å². The van der Waals surface area contributed by atoms with E-state index in [4.69, 9.17) is 0 Å². The molecule has 0 amide bonds. The van der Waals surface area contributed by atoms with Gasteiger partial charge in [0.05, 0.1) is 0 Å². The van der Waals surface area contributed by atoms with Gasteiger partial charge in [0.1, 0.15) is 5.82 Å². The minimum absolute atomic E-state index is 0. The molecule has 0 saturated carbocycles. The molecule has 1 aliphatic heterocycles. The molecular weight excluding hydrogens is 263 g/mol. The number of halogens is 2. The Morgan fingerprint density at radius 2 is 2.16 bits per heavy atom. The first-order valence-electron chi connectivity index (χ1n) is 6.63. The first kappa shape index (κ1) is 16.4. The van der Waals surface area contributed by atoms with Gasteiger partial charge in [-0.3, -0.25) is 0 Å². The predicted octanol–water partition coefficient (Wildman–Crippen LogP) is 2.99. The molecule has 108 valence electrons. The quantitative estimate of drug-likeness (QED) is 0.915. The summed E-state index contributed by atoms with van der Waals surface area (Å²) in [6.45, 7) is 8.16. The Morgan fingerprint density at radius 1 is 1.42 bits per heavy atom. The monoisotopic (exact) mass is 286 g/mol. The average molecular weight is 287 g/mol. The Kier molecular flexibility index (Phi) is 5.78. The molecule has 1 atom stereocenters. The van der Waals surface area contributed by atoms with Crippen LogP contribution in [0.2, 0.25) is 0 Å². The molecule has 19 heavy (non-hydrogen) atoms. The Hall–Kier alpha value is -0.640. The lowest BCUT2D eigenvalue weighted by molar-refractivity contribution is 0.201. The van der Waals surface area contributed by atoms with E-state index in [0.717, 1.165) is 30.8 Å². The number of rotatable bonds is 4. The first-order valence-corrected chi connectivity index (χ1v) is 6.63. The van der Waals surface area contributed by atoms with Crippen LogP contribution in [-0.2, 0) is 6.54 Å². The third-order valence-electron chi connectivity index (χ3n) is 3.75. The molecule has 1 unspecified atom stereocenters. The summed E-state index contributed by atoms with van der Waals surface area (Å²) < 4.78 is 13.7. The van der Waals surface area contributed by atoms with Crippen molar-refractivity contribution in [3.63, 3.8) is 0 Å². The summed E-state index contributed by atoms with van der Waals surface area (Å²) in [5.41, 5.74) is 2.25. The van der Waals surface area contributed by atoms with Gasteiger partial charge in [-0.2, -0.15) is 0 Å². The smallest absolute Gasteiger partial charge is 0.127 e. The van der Waals surface area contributed by atoms with Crippen molar-refractivity contribution in [2.75, 3.05) is 26.7 Å². The average Bonchev–Trinajstić information content (AvgIpc) is 2.70. The fourth-order valence-corrected chi connectivity index (χ4v) is 2.83. The zero-order valence-corrected chi connectivity index (χ0v) is 12.8. The van der Waals surface area contributed by atoms with Crippen molar-refractivity contribution >= 4 is 12.4 Å². The van der Waals surface area contributed by atoms with Crippen molar-refractivity contribution in [1.82, 2.24) is 10.2 Å². The van der Waals surface area contributed by atoms with Crippen LogP contribution >= 0.6 is 12.4 Å².